The zero-order valence-corrected chi connectivity index (χ0v) is 12.2. The van der Waals surface area contributed by atoms with Crippen LogP contribution in [-0.4, -0.2) is 16.7 Å². The fourth-order valence-corrected chi connectivity index (χ4v) is 2.36. The zero-order valence-electron chi connectivity index (χ0n) is 12.2. The Bertz CT molecular complexity index is 577. The number of rotatable bonds is 2. The summed E-state index contributed by atoms with van der Waals surface area (Å²) < 4.78 is 7.22. The normalized spacial score (nSPS) is 11.6. The van der Waals surface area contributed by atoms with E-state index in [2.05, 4.69) is 30.3 Å². The lowest BCUT2D eigenvalue weighted by molar-refractivity contribution is 0.393. The van der Waals surface area contributed by atoms with Crippen LogP contribution in [0.15, 0.2) is 24.3 Å². The molecule has 0 aliphatic rings. The molecule has 0 bridgehead atoms. The van der Waals surface area contributed by atoms with Crippen LogP contribution in [0.3, 0.4) is 0 Å². The largest absolute Gasteiger partial charge is 0.497 e. The van der Waals surface area contributed by atoms with Gasteiger partial charge in [0.1, 0.15) is 23.1 Å². The molecule has 1 aromatic carbocycles. The fourth-order valence-electron chi connectivity index (χ4n) is 2.36. The van der Waals surface area contributed by atoms with Crippen molar-refractivity contribution < 1.29 is 4.74 Å². The molecule has 2 aromatic rings. The number of aromatic nitrogens is 2. The number of ether oxygens (including phenoxy) is 1. The summed E-state index contributed by atoms with van der Waals surface area (Å²) in [4.78, 5) is 4.60. The minimum Gasteiger partial charge on any atom is -0.497 e. The van der Waals surface area contributed by atoms with Crippen molar-refractivity contribution in [2.45, 2.75) is 33.2 Å². The first-order valence-corrected chi connectivity index (χ1v) is 6.34. The SMILES string of the molecule is COc1ccc(-c2nc(C)n(C(C)(C)C)c2N)cc1. The van der Waals surface area contributed by atoms with Crippen molar-refractivity contribution in [1.82, 2.24) is 9.55 Å². The molecule has 0 saturated carbocycles. The highest BCUT2D eigenvalue weighted by Gasteiger charge is 2.22. The van der Waals surface area contributed by atoms with Gasteiger partial charge in [0.15, 0.2) is 0 Å². The number of aryl methyl sites for hydroxylation is 1. The molecule has 19 heavy (non-hydrogen) atoms. The van der Waals surface area contributed by atoms with Crippen molar-refractivity contribution in [1.29, 1.82) is 0 Å². The molecule has 0 fully saturated rings. The summed E-state index contributed by atoms with van der Waals surface area (Å²) in [5.41, 5.74) is 8.02. The van der Waals surface area contributed by atoms with Gasteiger partial charge in [0.25, 0.3) is 0 Å². The number of methoxy groups -OCH3 is 1. The molecular weight excluding hydrogens is 238 g/mol. The van der Waals surface area contributed by atoms with Gasteiger partial charge in [0, 0.05) is 11.1 Å². The predicted molar refractivity (Wildman–Crippen MR) is 78.4 cm³/mol. The summed E-state index contributed by atoms with van der Waals surface area (Å²) in [5, 5.41) is 0. The molecule has 1 heterocycles. The molecule has 0 amide bonds. The number of hydrogen-bond donors (Lipinski definition) is 1. The first-order chi connectivity index (χ1) is 8.84. The van der Waals surface area contributed by atoms with Crippen LogP contribution in [0.25, 0.3) is 11.3 Å². The summed E-state index contributed by atoms with van der Waals surface area (Å²) in [5.74, 6) is 2.46. The second kappa shape index (κ2) is 4.61. The molecule has 0 unspecified atom stereocenters. The van der Waals surface area contributed by atoms with Crippen LogP contribution in [-0.2, 0) is 5.54 Å². The fraction of sp³-hybridized carbons (Fsp3) is 0.400. The Morgan fingerprint density at radius 2 is 1.74 bits per heavy atom. The van der Waals surface area contributed by atoms with Crippen LogP contribution in [0.1, 0.15) is 26.6 Å². The van der Waals surface area contributed by atoms with Crippen LogP contribution < -0.4 is 10.5 Å². The molecule has 2 N–H and O–H groups in total. The van der Waals surface area contributed by atoms with E-state index < -0.39 is 0 Å². The Balaban J connectivity index is 2.51. The van der Waals surface area contributed by atoms with Gasteiger partial charge in [-0.05, 0) is 52.0 Å². The molecule has 4 heteroatoms. The third-order valence-corrected chi connectivity index (χ3v) is 3.12. The average Bonchev–Trinajstić information content (AvgIpc) is 2.64. The smallest absolute Gasteiger partial charge is 0.132 e. The topological polar surface area (TPSA) is 53.1 Å². The molecule has 0 aliphatic carbocycles. The van der Waals surface area contributed by atoms with Crippen LogP contribution in [0.4, 0.5) is 5.82 Å². The molecule has 1 aromatic heterocycles. The maximum Gasteiger partial charge on any atom is 0.132 e. The quantitative estimate of drug-likeness (QED) is 0.901. The van der Waals surface area contributed by atoms with Crippen LogP contribution >= 0.6 is 0 Å². The Morgan fingerprint density at radius 3 is 2.16 bits per heavy atom. The van der Waals surface area contributed by atoms with Gasteiger partial charge in [-0.3, -0.25) is 0 Å². The predicted octanol–water partition coefficient (Wildman–Crippen LogP) is 3.20. The van der Waals surface area contributed by atoms with Gasteiger partial charge in [-0.15, -0.1) is 0 Å². The number of nitrogens with two attached hydrogens (primary N) is 1. The summed E-state index contributed by atoms with van der Waals surface area (Å²) in [6.07, 6.45) is 0. The summed E-state index contributed by atoms with van der Waals surface area (Å²) >= 11 is 0. The van der Waals surface area contributed by atoms with Gasteiger partial charge < -0.3 is 15.0 Å². The Kier molecular flexibility index (Phi) is 3.27. The number of benzene rings is 1. The van der Waals surface area contributed by atoms with Crippen molar-refractivity contribution in [3.05, 3.63) is 30.1 Å². The average molecular weight is 259 g/mol. The third-order valence-electron chi connectivity index (χ3n) is 3.12. The zero-order chi connectivity index (χ0) is 14.2. The standard InChI is InChI=1S/C15H21N3O/c1-10-17-13(14(16)18(10)15(2,3)4)11-6-8-12(19-5)9-7-11/h6-9H,16H2,1-5H3. The van der Waals surface area contributed by atoms with E-state index in [9.17, 15) is 0 Å². The van der Waals surface area contributed by atoms with E-state index in [1.165, 1.54) is 0 Å². The van der Waals surface area contributed by atoms with E-state index in [1.54, 1.807) is 7.11 Å². The van der Waals surface area contributed by atoms with E-state index >= 15 is 0 Å². The first kappa shape index (κ1) is 13.5. The van der Waals surface area contributed by atoms with Crippen molar-refractivity contribution in [2.75, 3.05) is 12.8 Å². The van der Waals surface area contributed by atoms with Gasteiger partial charge >= 0.3 is 0 Å². The molecule has 2 rings (SSSR count). The van der Waals surface area contributed by atoms with E-state index in [4.69, 9.17) is 10.5 Å². The molecule has 0 atom stereocenters. The Labute approximate surface area is 114 Å². The minimum atomic E-state index is -0.0775. The number of nitrogens with zero attached hydrogens (tertiary/aromatic N) is 2. The van der Waals surface area contributed by atoms with Crippen LogP contribution in [0.5, 0.6) is 5.75 Å². The van der Waals surface area contributed by atoms with Gasteiger partial charge in [-0.25, -0.2) is 4.98 Å². The highest BCUT2D eigenvalue weighted by Crippen LogP contribution is 2.31. The molecule has 0 spiro atoms. The lowest BCUT2D eigenvalue weighted by Gasteiger charge is -2.24. The highest BCUT2D eigenvalue weighted by atomic mass is 16.5. The van der Waals surface area contributed by atoms with Crippen LogP contribution in [0, 0.1) is 6.92 Å². The first-order valence-electron chi connectivity index (χ1n) is 6.34. The second-order valence-electron chi connectivity index (χ2n) is 5.63. The molecule has 0 aliphatic heterocycles. The number of imidazole rings is 1. The monoisotopic (exact) mass is 259 g/mol. The lowest BCUT2D eigenvalue weighted by Crippen LogP contribution is -2.24. The van der Waals surface area contributed by atoms with Crippen LogP contribution in [0.2, 0.25) is 0 Å². The van der Waals surface area contributed by atoms with Crippen molar-refractivity contribution in [3.63, 3.8) is 0 Å². The maximum atomic E-state index is 6.26. The lowest BCUT2D eigenvalue weighted by atomic mass is 10.1. The van der Waals surface area contributed by atoms with Crippen molar-refractivity contribution in [2.24, 2.45) is 0 Å². The van der Waals surface area contributed by atoms with Gasteiger partial charge in [-0.2, -0.15) is 0 Å². The number of nitrogen functional groups attached to an aromatic ring is 1. The molecule has 0 saturated heterocycles. The number of anilines is 1. The number of hydrogen-bond acceptors (Lipinski definition) is 3. The van der Waals surface area contributed by atoms with Gasteiger partial charge in [0.2, 0.25) is 0 Å². The Morgan fingerprint density at radius 1 is 1.16 bits per heavy atom. The van der Waals surface area contributed by atoms with E-state index in [0.717, 1.165) is 22.8 Å². The molecule has 102 valence electrons. The Hall–Kier alpha value is -1.97. The highest BCUT2D eigenvalue weighted by molar-refractivity contribution is 5.71. The summed E-state index contributed by atoms with van der Waals surface area (Å²) in [7, 11) is 1.65. The second-order valence-corrected chi connectivity index (χ2v) is 5.63. The van der Waals surface area contributed by atoms with Gasteiger partial charge in [-0.1, -0.05) is 0 Å². The minimum absolute atomic E-state index is 0.0775. The van der Waals surface area contributed by atoms with Crippen molar-refractivity contribution >= 4 is 5.82 Å². The summed E-state index contributed by atoms with van der Waals surface area (Å²) in [6, 6.07) is 7.79. The summed E-state index contributed by atoms with van der Waals surface area (Å²) in [6.45, 7) is 8.34. The van der Waals surface area contributed by atoms with E-state index in [0.29, 0.717) is 5.82 Å². The third kappa shape index (κ3) is 2.43. The van der Waals surface area contributed by atoms with Gasteiger partial charge in [0.05, 0.1) is 7.11 Å². The molecule has 4 nitrogen and oxygen atoms in total. The van der Waals surface area contributed by atoms with Crippen molar-refractivity contribution in [3.8, 4) is 17.0 Å². The van der Waals surface area contributed by atoms with E-state index in [1.807, 2.05) is 31.2 Å². The molecular formula is C15H21N3O. The molecule has 0 radical (unpaired) electrons. The maximum absolute atomic E-state index is 6.26. The van der Waals surface area contributed by atoms with E-state index in [-0.39, 0.29) is 5.54 Å².